The number of hydrogen-bond donors (Lipinski definition) is 2. The minimum atomic E-state index is -0.158. The first kappa shape index (κ1) is 9.23. The van der Waals surface area contributed by atoms with Crippen LogP contribution in [-0.2, 0) is 0 Å². The maximum absolute atomic E-state index is 11.8. The Bertz CT molecular complexity index is 577. The Morgan fingerprint density at radius 1 is 1.25 bits per heavy atom. The summed E-state index contributed by atoms with van der Waals surface area (Å²) in [6.45, 7) is 0. The molecule has 1 aliphatic heterocycles. The van der Waals surface area contributed by atoms with Crippen molar-refractivity contribution >= 4 is 28.6 Å². The number of thiophene rings is 1. The standard InChI is InChI=1S/C11H8N2O2S/c12-6-1-2-8-7(5-6)13-11(14)10-9(15-8)3-4-16-10/h1-5H,12H2,(H,13,14). The van der Waals surface area contributed by atoms with Gasteiger partial charge in [0.05, 0.1) is 5.69 Å². The van der Waals surface area contributed by atoms with Crippen molar-refractivity contribution in [1.82, 2.24) is 0 Å². The third kappa shape index (κ3) is 1.33. The molecule has 3 N–H and O–H groups in total. The maximum atomic E-state index is 11.8. The summed E-state index contributed by atoms with van der Waals surface area (Å²) in [6, 6.07) is 6.95. The molecule has 0 radical (unpaired) electrons. The molecule has 0 saturated carbocycles. The zero-order valence-corrected chi connectivity index (χ0v) is 9.01. The molecule has 0 atom stereocenters. The van der Waals surface area contributed by atoms with Crippen molar-refractivity contribution in [1.29, 1.82) is 0 Å². The van der Waals surface area contributed by atoms with Crippen LogP contribution in [0.1, 0.15) is 9.67 Å². The van der Waals surface area contributed by atoms with Gasteiger partial charge in [0.15, 0.2) is 11.5 Å². The van der Waals surface area contributed by atoms with Crippen LogP contribution < -0.4 is 15.8 Å². The molecular weight excluding hydrogens is 224 g/mol. The van der Waals surface area contributed by atoms with E-state index < -0.39 is 0 Å². The molecule has 4 nitrogen and oxygen atoms in total. The lowest BCUT2D eigenvalue weighted by Crippen LogP contribution is -2.08. The summed E-state index contributed by atoms with van der Waals surface area (Å²) >= 11 is 1.35. The number of carbonyl (C=O) groups excluding carboxylic acids is 1. The number of anilines is 2. The fourth-order valence-corrected chi connectivity index (χ4v) is 2.29. The van der Waals surface area contributed by atoms with E-state index in [9.17, 15) is 4.79 Å². The van der Waals surface area contributed by atoms with Gasteiger partial charge in [-0.3, -0.25) is 4.79 Å². The van der Waals surface area contributed by atoms with Crippen molar-refractivity contribution in [3.63, 3.8) is 0 Å². The lowest BCUT2D eigenvalue weighted by Gasteiger charge is -2.07. The number of carbonyl (C=O) groups is 1. The fraction of sp³-hybridized carbons (Fsp3) is 0. The molecule has 0 spiro atoms. The molecule has 1 amide bonds. The molecule has 16 heavy (non-hydrogen) atoms. The van der Waals surface area contributed by atoms with Crippen LogP contribution in [-0.4, -0.2) is 5.91 Å². The Morgan fingerprint density at radius 3 is 3.00 bits per heavy atom. The molecule has 1 aromatic carbocycles. The summed E-state index contributed by atoms with van der Waals surface area (Å²) in [5, 5.41) is 4.60. The molecule has 0 aliphatic carbocycles. The molecular formula is C11H8N2O2S. The normalized spacial score (nSPS) is 13.1. The zero-order chi connectivity index (χ0) is 11.1. The number of benzene rings is 1. The summed E-state index contributed by atoms with van der Waals surface area (Å²) in [4.78, 5) is 12.4. The summed E-state index contributed by atoms with van der Waals surface area (Å²) in [6.07, 6.45) is 0. The second kappa shape index (κ2) is 3.24. The minimum Gasteiger partial charge on any atom is -0.453 e. The van der Waals surface area contributed by atoms with Crippen molar-refractivity contribution in [2.75, 3.05) is 11.1 Å². The van der Waals surface area contributed by atoms with Gasteiger partial charge >= 0.3 is 0 Å². The van der Waals surface area contributed by atoms with Gasteiger partial charge in [-0.1, -0.05) is 0 Å². The third-order valence-corrected chi connectivity index (χ3v) is 3.20. The third-order valence-electron chi connectivity index (χ3n) is 2.31. The molecule has 80 valence electrons. The van der Waals surface area contributed by atoms with Crippen molar-refractivity contribution < 1.29 is 9.53 Å². The van der Waals surface area contributed by atoms with Gasteiger partial charge in [0.25, 0.3) is 5.91 Å². The van der Waals surface area contributed by atoms with E-state index in [2.05, 4.69) is 5.32 Å². The highest BCUT2D eigenvalue weighted by Crippen LogP contribution is 2.38. The van der Waals surface area contributed by atoms with Crippen molar-refractivity contribution in [2.45, 2.75) is 0 Å². The number of nitrogen functional groups attached to an aromatic ring is 1. The first-order chi connectivity index (χ1) is 7.74. The zero-order valence-electron chi connectivity index (χ0n) is 8.19. The largest absolute Gasteiger partial charge is 0.453 e. The average molecular weight is 232 g/mol. The molecule has 0 unspecified atom stereocenters. The Morgan fingerprint density at radius 2 is 2.12 bits per heavy atom. The lowest BCUT2D eigenvalue weighted by atomic mass is 10.2. The molecule has 5 heteroatoms. The van der Waals surface area contributed by atoms with Gasteiger partial charge in [-0.25, -0.2) is 0 Å². The SMILES string of the molecule is Nc1ccc2c(c1)NC(=O)c1sccc1O2. The number of fused-ring (bicyclic) bond motifs is 2. The van der Waals surface area contributed by atoms with Gasteiger partial charge < -0.3 is 15.8 Å². The van der Waals surface area contributed by atoms with E-state index >= 15 is 0 Å². The Labute approximate surface area is 95.7 Å². The number of nitrogens with two attached hydrogens (primary N) is 1. The smallest absolute Gasteiger partial charge is 0.269 e. The monoisotopic (exact) mass is 232 g/mol. The molecule has 0 bridgehead atoms. The number of hydrogen-bond acceptors (Lipinski definition) is 4. The Hall–Kier alpha value is -2.01. The molecule has 1 aromatic heterocycles. The van der Waals surface area contributed by atoms with Gasteiger partial charge in [-0.15, -0.1) is 11.3 Å². The molecule has 0 saturated heterocycles. The van der Waals surface area contributed by atoms with Crippen LogP contribution in [0.3, 0.4) is 0 Å². The first-order valence-corrected chi connectivity index (χ1v) is 5.58. The van der Waals surface area contributed by atoms with Crippen LogP contribution in [0.25, 0.3) is 0 Å². The predicted octanol–water partition coefficient (Wildman–Crippen LogP) is 2.69. The van der Waals surface area contributed by atoms with Crippen LogP contribution in [0.15, 0.2) is 29.6 Å². The van der Waals surface area contributed by atoms with Gasteiger partial charge in [-0.05, 0) is 29.6 Å². The molecule has 1 aliphatic rings. The molecule has 3 rings (SSSR count). The van der Waals surface area contributed by atoms with Crippen molar-refractivity contribution in [2.24, 2.45) is 0 Å². The average Bonchev–Trinajstić information content (AvgIpc) is 2.65. The van der Waals surface area contributed by atoms with E-state index in [0.717, 1.165) is 0 Å². The van der Waals surface area contributed by atoms with Crippen LogP contribution in [0.2, 0.25) is 0 Å². The quantitative estimate of drug-likeness (QED) is 0.686. The topological polar surface area (TPSA) is 64.3 Å². The van der Waals surface area contributed by atoms with E-state index in [1.54, 1.807) is 24.3 Å². The Balaban J connectivity index is 2.16. The van der Waals surface area contributed by atoms with Crippen LogP contribution in [0.4, 0.5) is 11.4 Å². The number of nitrogens with one attached hydrogen (secondary N) is 1. The van der Waals surface area contributed by atoms with Gasteiger partial charge in [0.2, 0.25) is 0 Å². The predicted molar refractivity (Wildman–Crippen MR) is 63.2 cm³/mol. The summed E-state index contributed by atoms with van der Waals surface area (Å²) in [5.74, 6) is 1.04. The van der Waals surface area contributed by atoms with E-state index in [1.165, 1.54) is 11.3 Å². The highest BCUT2D eigenvalue weighted by Gasteiger charge is 2.21. The minimum absolute atomic E-state index is 0.158. The summed E-state index contributed by atoms with van der Waals surface area (Å²) in [5.41, 5.74) is 6.85. The molecule has 0 fully saturated rings. The van der Waals surface area contributed by atoms with E-state index in [-0.39, 0.29) is 5.91 Å². The number of ether oxygens (including phenoxy) is 1. The van der Waals surface area contributed by atoms with Crippen LogP contribution in [0, 0.1) is 0 Å². The highest BCUT2D eigenvalue weighted by molar-refractivity contribution is 7.12. The van der Waals surface area contributed by atoms with E-state index in [1.807, 2.05) is 5.38 Å². The van der Waals surface area contributed by atoms with E-state index in [4.69, 9.17) is 10.5 Å². The van der Waals surface area contributed by atoms with Crippen LogP contribution in [0.5, 0.6) is 11.5 Å². The molecule has 2 heterocycles. The lowest BCUT2D eigenvalue weighted by molar-refractivity contribution is 0.103. The van der Waals surface area contributed by atoms with Gasteiger partial charge in [0, 0.05) is 5.69 Å². The van der Waals surface area contributed by atoms with Crippen molar-refractivity contribution in [3.05, 3.63) is 34.5 Å². The summed E-state index contributed by atoms with van der Waals surface area (Å²) in [7, 11) is 0. The maximum Gasteiger partial charge on any atom is 0.269 e. The van der Waals surface area contributed by atoms with Gasteiger partial charge in [0.1, 0.15) is 4.88 Å². The number of amides is 1. The fourth-order valence-electron chi connectivity index (χ4n) is 1.58. The molecule has 2 aromatic rings. The second-order valence-electron chi connectivity index (χ2n) is 3.43. The van der Waals surface area contributed by atoms with Crippen LogP contribution >= 0.6 is 11.3 Å². The number of rotatable bonds is 0. The highest BCUT2D eigenvalue weighted by atomic mass is 32.1. The summed E-state index contributed by atoms with van der Waals surface area (Å²) < 4.78 is 5.64. The van der Waals surface area contributed by atoms with Gasteiger partial charge in [-0.2, -0.15) is 0 Å². The first-order valence-electron chi connectivity index (χ1n) is 4.70. The van der Waals surface area contributed by atoms with E-state index in [0.29, 0.717) is 27.8 Å². The van der Waals surface area contributed by atoms with Crippen molar-refractivity contribution in [3.8, 4) is 11.5 Å². The Kier molecular flexibility index (Phi) is 1.87. The second-order valence-corrected chi connectivity index (χ2v) is 4.34.